The molecule has 0 aliphatic carbocycles. The lowest BCUT2D eigenvalue weighted by molar-refractivity contribution is -0.115. The van der Waals surface area contributed by atoms with Crippen molar-refractivity contribution < 1.29 is 13.6 Å². The molecule has 1 amide bonds. The summed E-state index contributed by atoms with van der Waals surface area (Å²) in [5.74, 6) is -1.06. The Morgan fingerprint density at radius 2 is 1.68 bits per heavy atom. The van der Waals surface area contributed by atoms with Gasteiger partial charge >= 0.3 is 5.56 Å². The topological polar surface area (TPSA) is 81.3 Å². The largest absolute Gasteiger partial charge is 0.325 e. The van der Waals surface area contributed by atoms with Crippen LogP contribution in [0.15, 0.2) is 70.9 Å². The quantitative estimate of drug-likeness (QED) is 0.462. The number of hydrogen-bond acceptors (Lipinski definition) is 5. The third-order valence-electron chi connectivity index (χ3n) is 4.57. The van der Waals surface area contributed by atoms with Gasteiger partial charge in [0.25, 0.3) is 0 Å². The molecule has 4 rings (SSSR count). The number of nitrogens with one attached hydrogen (secondary N) is 1. The summed E-state index contributed by atoms with van der Waals surface area (Å²) >= 11 is 1.17. The lowest BCUT2D eigenvalue weighted by atomic mass is 10.2. The fourth-order valence-electron chi connectivity index (χ4n) is 2.96. The highest BCUT2D eigenvalue weighted by Gasteiger charge is 2.22. The zero-order chi connectivity index (χ0) is 22.0. The number of fused-ring (bicyclic) bond motifs is 1. The molecule has 0 aliphatic rings. The van der Waals surface area contributed by atoms with Crippen LogP contribution in [0, 0.1) is 11.6 Å². The molecule has 0 fully saturated rings. The van der Waals surface area contributed by atoms with E-state index in [1.807, 2.05) is 6.92 Å². The van der Waals surface area contributed by atoms with Crippen molar-refractivity contribution in [1.82, 2.24) is 19.2 Å². The van der Waals surface area contributed by atoms with Crippen LogP contribution in [0.3, 0.4) is 0 Å². The zero-order valence-corrected chi connectivity index (χ0v) is 17.1. The first-order chi connectivity index (χ1) is 15.0. The number of nitrogens with zero attached hydrogens (tertiary/aromatic N) is 4. The molecule has 31 heavy (non-hydrogen) atoms. The Labute approximate surface area is 179 Å². The predicted octanol–water partition coefficient (Wildman–Crippen LogP) is 3.67. The lowest BCUT2D eigenvalue weighted by Gasteiger charge is -2.14. The van der Waals surface area contributed by atoms with E-state index in [2.05, 4.69) is 15.5 Å². The Bertz CT molecular complexity index is 1290. The first-order valence-corrected chi connectivity index (χ1v) is 10.3. The van der Waals surface area contributed by atoms with Crippen molar-refractivity contribution in [3.8, 4) is 5.69 Å². The summed E-state index contributed by atoms with van der Waals surface area (Å²) in [5.41, 5.74) is 0.648. The minimum atomic E-state index is -0.503. The van der Waals surface area contributed by atoms with Crippen LogP contribution in [-0.4, -0.2) is 30.3 Å². The highest BCUT2D eigenvalue weighted by Crippen LogP contribution is 2.25. The molecule has 2 aromatic heterocycles. The van der Waals surface area contributed by atoms with E-state index in [0.717, 1.165) is 0 Å². The van der Waals surface area contributed by atoms with E-state index in [4.69, 9.17) is 0 Å². The van der Waals surface area contributed by atoms with Gasteiger partial charge in [-0.05, 0) is 55.0 Å². The SMILES string of the molecule is CC[C@@H](Sc1nnc2c(=O)n(-c3ccc(F)cc3)ccn12)C(=O)Nc1ccc(F)cc1. The maximum absolute atomic E-state index is 13.2. The van der Waals surface area contributed by atoms with Gasteiger partial charge in [0.15, 0.2) is 5.16 Å². The van der Waals surface area contributed by atoms with E-state index >= 15 is 0 Å². The maximum Gasteiger partial charge on any atom is 0.300 e. The number of amides is 1. The standard InChI is InChI=1S/C21H17F2N5O2S/c1-2-17(19(29)24-15-7-3-13(22)4-8-15)31-21-26-25-18-20(30)27(11-12-28(18)21)16-9-5-14(23)6-10-16/h3-12,17H,2H2,1H3,(H,24,29)/t17-/m1/s1. The van der Waals surface area contributed by atoms with Gasteiger partial charge in [0, 0.05) is 23.8 Å². The molecule has 2 aromatic carbocycles. The number of thioether (sulfide) groups is 1. The van der Waals surface area contributed by atoms with Crippen LogP contribution in [0.2, 0.25) is 0 Å². The zero-order valence-electron chi connectivity index (χ0n) is 16.3. The van der Waals surface area contributed by atoms with Crippen LogP contribution in [0.25, 0.3) is 11.3 Å². The summed E-state index contributed by atoms with van der Waals surface area (Å²) in [6.07, 6.45) is 3.65. The summed E-state index contributed by atoms with van der Waals surface area (Å²) < 4.78 is 29.1. The van der Waals surface area contributed by atoms with Crippen molar-refractivity contribution in [2.45, 2.75) is 23.8 Å². The Kier molecular flexibility index (Phi) is 5.81. The second-order valence-electron chi connectivity index (χ2n) is 6.64. The van der Waals surface area contributed by atoms with E-state index in [1.165, 1.54) is 75.5 Å². The van der Waals surface area contributed by atoms with Gasteiger partial charge in [-0.2, -0.15) is 0 Å². The summed E-state index contributed by atoms with van der Waals surface area (Å²) in [5, 5.41) is 10.7. The van der Waals surface area contributed by atoms with Crippen LogP contribution in [0.5, 0.6) is 0 Å². The third kappa shape index (κ3) is 4.33. The molecule has 0 aliphatic heterocycles. The molecule has 7 nitrogen and oxygen atoms in total. The van der Waals surface area contributed by atoms with Gasteiger partial charge in [0.05, 0.1) is 5.25 Å². The molecule has 1 atom stereocenters. The summed E-state index contributed by atoms with van der Waals surface area (Å²) in [7, 11) is 0. The maximum atomic E-state index is 13.2. The summed E-state index contributed by atoms with van der Waals surface area (Å²) in [6, 6.07) is 11.0. The highest BCUT2D eigenvalue weighted by atomic mass is 32.2. The van der Waals surface area contributed by atoms with E-state index in [1.54, 1.807) is 6.20 Å². The van der Waals surface area contributed by atoms with Gasteiger partial charge in [-0.3, -0.25) is 18.6 Å². The van der Waals surface area contributed by atoms with Crippen molar-refractivity contribution in [2.24, 2.45) is 0 Å². The molecule has 158 valence electrons. The summed E-state index contributed by atoms with van der Waals surface area (Å²) in [4.78, 5) is 25.5. The molecule has 10 heteroatoms. The first kappa shape index (κ1) is 20.7. The fourth-order valence-corrected chi connectivity index (χ4v) is 3.89. The second kappa shape index (κ2) is 8.68. The van der Waals surface area contributed by atoms with Crippen LogP contribution in [0.1, 0.15) is 13.3 Å². The van der Waals surface area contributed by atoms with Crippen LogP contribution >= 0.6 is 11.8 Å². The average molecular weight is 441 g/mol. The molecule has 2 heterocycles. The van der Waals surface area contributed by atoms with Crippen molar-refractivity contribution in [3.05, 3.63) is 82.9 Å². The predicted molar refractivity (Wildman–Crippen MR) is 114 cm³/mol. The highest BCUT2D eigenvalue weighted by molar-refractivity contribution is 8.00. The minimum Gasteiger partial charge on any atom is -0.325 e. The number of rotatable bonds is 6. The molecule has 4 aromatic rings. The van der Waals surface area contributed by atoms with Crippen molar-refractivity contribution in [2.75, 3.05) is 5.32 Å². The van der Waals surface area contributed by atoms with Gasteiger partial charge in [0.1, 0.15) is 11.6 Å². The number of hydrogen-bond donors (Lipinski definition) is 1. The summed E-state index contributed by atoms with van der Waals surface area (Å²) in [6.45, 7) is 1.85. The molecule has 0 saturated carbocycles. The molecule has 0 bridgehead atoms. The number of carbonyl (C=O) groups excluding carboxylic acids is 1. The van der Waals surface area contributed by atoms with E-state index in [-0.39, 0.29) is 17.4 Å². The molecule has 0 saturated heterocycles. The van der Waals surface area contributed by atoms with Gasteiger partial charge in [-0.1, -0.05) is 18.7 Å². The van der Waals surface area contributed by atoms with Crippen LogP contribution < -0.4 is 10.9 Å². The lowest BCUT2D eigenvalue weighted by Crippen LogP contribution is -2.25. The van der Waals surface area contributed by atoms with Crippen molar-refractivity contribution in [1.29, 1.82) is 0 Å². The monoisotopic (exact) mass is 441 g/mol. The normalized spacial score (nSPS) is 12.1. The van der Waals surface area contributed by atoms with Gasteiger partial charge in [0.2, 0.25) is 11.6 Å². The van der Waals surface area contributed by atoms with Gasteiger partial charge < -0.3 is 5.32 Å². The van der Waals surface area contributed by atoms with Gasteiger partial charge in [-0.25, -0.2) is 8.78 Å². The van der Waals surface area contributed by atoms with Crippen LogP contribution in [0.4, 0.5) is 14.5 Å². The molecule has 1 N–H and O–H groups in total. The molecule has 0 radical (unpaired) electrons. The number of anilines is 1. The Balaban J connectivity index is 1.58. The molecular formula is C21H17F2N5O2S. The van der Waals surface area contributed by atoms with Crippen LogP contribution in [-0.2, 0) is 4.79 Å². The average Bonchev–Trinajstić information content (AvgIpc) is 3.18. The van der Waals surface area contributed by atoms with E-state index in [9.17, 15) is 18.4 Å². The van der Waals surface area contributed by atoms with E-state index in [0.29, 0.717) is 23.0 Å². The Morgan fingerprint density at radius 3 is 2.32 bits per heavy atom. The minimum absolute atomic E-state index is 0.0862. The number of benzene rings is 2. The number of carbonyl (C=O) groups is 1. The molecule has 0 spiro atoms. The fraction of sp³-hybridized carbons (Fsp3) is 0.143. The Hall–Kier alpha value is -3.53. The first-order valence-electron chi connectivity index (χ1n) is 9.41. The third-order valence-corrected chi connectivity index (χ3v) is 5.89. The molecule has 0 unspecified atom stereocenters. The smallest absolute Gasteiger partial charge is 0.300 e. The second-order valence-corrected chi connectivity index (χ2v) is 7.81. The number of aromatic nitrogens is 4. The molecular weight excluding hydrogens is 424 g/mol. The Morgan fingerprint density at radius 1 is 1.03 bits per heavy atom. The van der Waals surface area contributed by atoms with Gasteiger partial charge in [-0.15, -0.1) is 10.2 Å². The van der Waals surface area contributed by atoms with Crippen molar-refractivity contribution in [3.63, 3.8) is 0 Å². The number of halogens is 2. The van der Waals surface area contributed by atoms with E-state index < -0.39 is 16.6 Å². The van der Waals surface area contributed by atoms with Crippen molar-refractivity contribution >= 4 is 29.0 Å².